The van der Waals surface area contributed by atoms with Crippen molar-refractivity contribution in [3.05, 3.63) is 0 Å². The molecular formula is C15H32N2O. The van der Waals surface area contributed by atoms with E-state index < -0.39 is 0 Å². The van der Waals surface area contributed by atoms with E-state index in [-0.39, 0.29) is 0 Å². The molecule has 0 aliphatic heterocycles. The zero-order valence-corrected chi connectivity index (χ0v) is 12.7. The molecule has 1 fully saturated rings. The molecule has 0 aromatic heterocycles. The van der Waals surface area contributed by atoms with Gasteiger partial charge in [-0.05, 0) is 50.5 Å². The number of ether oxygens (including phenoxy) is 1. The number of hydrogen-bond donors (Lipinski definition) is 1. The van der Waals surface area contributed by atoms with Crippen LogP contribution in [0.15, 0.2) is 0 Å². The summed E-state index contributed by atoms with van der Waals surface area (Å²) < 4.78 is 5.10. The highest BCUT2D eigenvalue weighted by Gasteiger charge is 2.30. The molecule has 2 N–H and O–H groups in total. The van der Waals surface area contributed by atoms with Crippen LogP contribution in [0, 0.1) is 17.8 Å². The van der Waals surface area contributed by atoms with Crippen LogP contribution in [0.3, 0.4) is 0 Å². The third kappa shape index (κ3) is 5.25. The molecule has 0 bridgehead atoms. The summed E-state index contributed by atoms with van der Waals surface area (Å²) in [5.41, 5.74) is 6.29. The lowest BCUT2D eigenvalue weighted by molar-refractivity contribution is 0.137. The number of rotatable bonds is 7. The minimum Gasteiger partial charge on any atom is -0.385 e. The molecule has 0 heterocycles. The normalized spacial score (nSPS) is 29.2. The van der Waals surface area contributed by atoms with Gasteiger partial charge in [-0.15, -0.1) is 0 Å². The van der Waals surface area contributed by atoms with Crippen LogP contribution in [0.4, 0.5) is 0 Å². The molecule has 0 saturated heterocycles. The molecule has 0 amide bonds. The fourth-order valence-corrected chi connectivity index (χ4v) is 3.11. The Bertz CT molecular complexity index is 221. The number of methoxy groups -OCH3 is 1. The van der Waals surface area contributed by atoms with Crippen LogP contribution in [-0.4, -0.2) is 44.8 Å². The van der Waals surface area contributed by atoms with Gasteiger partial charge in [0.1, 0.15) is 0 Å². The smallest absolute Gasteiger partial charge is 0.0474 e. The SMILES string of the molecule is COCCCN(C)CC1CC(C(C)C)CCC1N. The minimum atomic E-state index is 0.407. The van der Waals surface area contributed by atoms with Gasteiger partial charge >= 0.3 is 0 Å². The topological polar surface area (TPSA) is 38.5 Å². The summed E-state index contributed by atoms with van der Waals surface area (Å²) in [5.74, 6) is 2.36. The zero-order valence-electron chi connectivity index (χ0n) is 12.7. The van der Waals surface area contributed by atoms with Gasteiger partial charge in [0.2, 0.25) is 0 Å². The molecule has 0 radical (unpaired) electrons. The summed E-state index contributed by atoms with van der Waals surface area (Å²) in [7, 11) is 3.98. The van der Waals surface area contributed by atoms with E-state index in [4.69, 9.17) is 10.5 Å². The van der Waals surface area contributed by atoms with Crippen molar-refractivity contribution in [1.29, 1.82) is 0 Å². The van der Waals surface area contributed by atoms with E-state index in [2.05, 4.69) is 25.8 Å². The molecule has 3 unspecified atom stereocenters. The molecule has 0 aromatic carbocycles. The Labute approximate surface area is 113 Å². The molecular weight excluding hydrogens is 224 g/mol. The first-order valence-electron chi connectivity index (χ1n) is 7.47. The molecule has 18 heavy (non-hydrogen) atoms. The standard InChI is InChI=1S/C15H32N2O/c1-12(2)13-6-7-15(16)14(10-13)11-17(3)8-5-9-18-4/h12-15H,5-11,16H2,1-4H3. The molecule has 3 heteroatoms. The molecule has 1 aliphatic rings. The van der Waals surface area contributed by atoms with Crippen LogP contribution < -0.4 is 5.73 Å². The largest absolute Gasteiger partial charge is 0.385 e. The van der Waals surface area contributed by atoms with Gasteiger partial charge in [0.25, 0.3) is 0 Å². The summed E-state index contributed by atoms with van der Waals surface area (Å²) in [6.07, 6.45) is 4.96. The molecule has 0 spiro atoms. The third-order valence-electron chi connectivity index (χ3n) is 4.46. The lowest BCUT2D eigenvalue weighted by atomic mass is 9.74. The number of nitrogens with zero attached hydrogens (tertiary/aromatic N) is 1. The highest BCUT2D eigenvalue weighted by molar-refractivity contribution is 4.85. The first-order valence-corrected chi connectivity index (χ1v) is 7.47. The predicted molar refractivity (Wildman–Crippen MR) is 77.6 cm³/mol. The summed E-state index contributed by atoms with van der Waals surface area (Å²) in [6, 6.07) is 0.407. The molecule has 3 atom stereocenters. The van der Waals surface area contributed by atoms with Gasteiger partial charge in [-0.3, -0.25) is 0 Å². The minimum absolute atomic E-state index is 0.407. The molecule has 1 rings (SSSR count). The number of hydrogen-bond acceptors (Lipinski definition) is 3. The fraction of sp³-hybridized carbons (Fsp3) is 1.00. The number of nitrogens with two attached hydrogens (primary N) is 1. The average Bonchev–Trinajstić information content (AvgIpc) is 2.32. The van der Waals surface area contributed by atoms with Gasteiger partial charge in [-0.1, -0.05) is 13.8 Å². The maximum absolute atomic E-state index is 6.29. The van der Waals surface area contributed by atoms with Gasteiger partial charge in [0.05, 0.1) is 0 Å². The van der Waals surface area contributed by atoms with Crippen LogP contribution in [0.5, 0.6) is 0 Å². The van der Waals surface area contributed by atoms with Gasteiger partial charge in [0, 0.05) is 32.8 Å². The van der Waals surface area contributed by atoms with Crippen LogP contribution in [0.25, 0.3) is 0 Å². The monoisotopic (exact) mass is 256 g/mol. The van der Waals surface area contributed by atoms with Crippen molar-refractivity contribution in [3.63, 3.8) is 0 Å². The maximum Gasteiger partial charge on any atom is 0.0474 e. The Balaban J connectivity index is 2.33. The Morgan fingerprint density at radius 3 is 2.67 bits per heavy atom. The first kappa shape index (κ1) is 15.9. The van der Waals surface area contributed by atoms with E-state index in [0.29, 0.717) is 12.0 Å². The predicted octanol–water partition coefficient (Wildman–Crippen LogP) is 2.35. The highest BCUT2D eigenvalue weighted by Crippen LogP contribution is 2.33. The second kappa shape index (κ2) is 8.13. The molecule has 108 valence electrons. The van der Waals surface area contributed by atoms with Crippen molar-refractivity contribution in [2.45, 2.75) is 45.6 Å². The van der Waals surface area contributed by atoms with E-state index in [1.54, 1.807) is 7.11 Å². The quantitative estimate of drug-likeness (QED) is 0.711. The van der Waals surface area contributed by atoms with Gasteiger partial charge < -0.3 is 15.4 Å². The first-order chi connectivity index (χ1) is 8.54. The van der Waals surface area contributed by atoms with Crippen LogP contribution in [0.1, 0.15) is 39.5 Å². The Kier molecular flexibility index (Phi) is 7.20. The fourth-order valence-electron chi connectivity index (χ4n) is 3.11. The van der Waals surface area contributed by atoms with Gasteiger partial charge in [0.15, 0.2) is 0 Å². The lowest BCUT2D eigenvalue weighted by Crippen LogP contribution is -2.43. The average molecular weight is 256 g/mol. The molecule has 0 aromatic rings. The molecule has 1 aliphatic carbocycles. The highest BCUT2D eigenvalue weighted by atomic mass is 16.5. The van der Waals surface area contributed by atoms with Crippen molar-refractivity contribution < 1.29 is 4.74 Å². The Hall–Kier alpha value is -0.120. The van der Waals surface area contributed by atoms with E-state index in [9.17, 15) is 0 Å². The second-order valence-electron chi connectivity index (χ2n) is 6.35. The van der Waals surface area contributed by atoms with Crippen LogP contribution >= 0.6 is 0 Å². The third-order valence-corrected chi connectivity index (χ3v) is 4.46. The van der Waals surface area contributed by atoms with Gasteiger partial charge in [-0.2, -0.15) is 0 Å². The lowest BCUT2D eigenvalue weighted by Gasteiger charge is -2.38. The van der Waals surface area contributed by atoms with E-state index >= 15 is 0 Å². The Morgan fingerprint density at radius 2 is 2.06 bits per heavy atom. The summed E-state index contributed by atoms with van der Waals surface area (Å²) in [6.45, 7) is 7.81. The van der Waals surface area contributed by atoms with Gasteiger partial charge in [-0.25, -0.2) is 0 Å². The molecule has 1 saturated carbocycles. The Morgan fingerprint density at radius 1 is 1.33 bits per heavy atom. The van der Waals surface area contributed by atoms with E-state index in [1.165, 1.54) is 19.3 Å². The summed E-state index contributed by atoms with van der Waals surface area (Å²) in [5, 5.41) is 0. The van der Waals surface area contributed by atoms with Crippen molar-refractivity contribution in [2.24, 2.45) is 23.5 Å². The maximum atomic E-state index is 6.29. The van der Waals surface area contributed by atoms with E-state index in [1.807, 2.05) is 0 Å². The second-order valence-corrected chi connectivity index (χ2v) is 6.35. The van der Waals surface area contributed by atoms with Crippen molar-refractivity contribution >= 4 is 0 Å². The molecule has 3 nitrogen and oxygen atoms in total. The van der Waals surface area contributed by atoms with Crippen molar-refractivity contribution in [1.82, 2.24) is 4.90 Å². The van der Waals surface area contributed by atoms with Crippen molar-refractivity contribution in [2.75, 3.05) is 33.9 Å². The summed E-state index contributed by atoms with van der Waals surface area (Å²) >= 11 is 0. The van der Waals surface area contributed by atoms with Crippen LogP contribution in [-0.2, 0) is 4.74 Å². The van der Waals surface area contributed by atoms with Crippen molar-refractivity contribution in [3.8, 4) is 0 Å². The zero-order chi connectivity index (χ0) is 13.5. The summed E-state index contributed by atoms with van der Waals surface area (Å²) in [4.78, 5) is 2.42. The van der Waals surface area contributed by atoms with E-state index in [0.717, 1.165) is 38.0 Å². The van der Waals surface area contributed by atoms with Crippen LogP contribution in [0.2, 0.25) is 0 Å².